The van der Waals surface area contributed by atoms with Crippen LogP contribution in [0.5, 0.6) is 0 Å². The summed E-state index contributed by atoms with van der Waals surface area (Å²) in [6.45, 7) is 2.17. The topological polar surface area (TPSA) is 75.3 Å². The van der Waals surface area contributed by atoms with Crippen LogP contribution in [-0.4, -0.2) is 21.0 Å². The second-order valence-corrected chi connectivity index (χ2v) is 5.92. The van der Waals surface area contributed by atoms with Crippen LogP contribution in [0.25, 0.3) is 0 Å². The minimum atomic E-state index is -4.66. The Balaban J connectivity index is 2.86. The first kappa shape index (κ1) is 17.3. The average molecular weight is 324 g/mol. The molecule has 0 aliphatic carbocycles. The van der Waals surface area contributed by atoms with Crippen LogP contribution in [0.3, 0.4) is 0 Å². The minimum Gasteiger partial charge on any atom is -0.337 e. The predicted molar refractivity (Wildman–Crippen MR) is 70.1 cm³/mol. The van der Waals surface area contributed by atoms with Crippen LogP contribution in [0.1, 0.15) is 25.3 Å². The van der Waals surface area contributed by atoms with Gasteiger partial charge in [0.05, 0.1) is 10.5 Å². The zero-order chi connectivity index (χ0) is 16.1. The lowest BCUT2D eigenvalue weighted by Gasteiger charge is -2.11. The predicted octanol–water partition coefficient (Wildman–Crippen LogP) is 2.49. The fraction of sp³-hybridized carbons (Fsp3) is 0.417. The summed E-state index contributed by atoms with van der Waals surface area (Å²) in [7, 11) is -4.34. The van der Waals surface area contributed by atoms with Crippen molar-refractivity contribution < 1.29 is 26.4 Å². The molecular weight excluding hydrogens is 309 g/mol. The smallest absolute Gasteiger partial charge is 0.337 e. The van der Waals surface area contributed by atoms with E-state index in [1.165, 1.54) is 0 Å². The van der Waals surface area contributed by atoms with E-state index >= 15 is 0 Å². The number of rotatable bonds is 5. The summed E-state index contributed by atoms with van der Waals surface area (Å²) in [5.74, 6) is 0. The first-order valence-electron chi connectivity index (χ1n) is 6.14. The van der Waals surface area contributed by atoms with Gasteiger partial charge in [0.1, 0.15) is 0 Å². The number of hydrogen-bond donors (Lipinski definition) is 2. The number of urea groups is 1. The molecule has 0 aromatic heterocycles. The highest BCUT2D eigenvalue weighted by atomic mass is 32.2. The van der Waals surface area contributed by atoms with Crippen LogP contribution in [0.15, 0.2) is 29.2 Å². The van der Waals surface area contributed by atoms with Gasteiger partial charge < -0.3 is 5.32 Å². The van der Waals surface area contributed by atoms with Gasteiger partial charge in [0.25, 0.3) is 10.0 Å². The molecule has 0 saturated heterocycles. The number of nitrogens with one attached hydrogen (secondary N) is 2. The number of halogens is 3. The zero-order valence-corrected chi connectivity index (χ0v) is 12.0. The number of benzene rings is 1. The van der Waals surface area contributed by atoms with E-state index in [1.807, 2.05) is 6.92 Å². The SMILES string of the molecule is CCCCNC(=O)NS(=O)(=O)c1cccc(C(F)(F)F)c1. The lowest BCUT2D eigenvalue weighted by Crippen LogP contribution is -2.39. The number of unbranched alkanes of at least 4 members (excludes halogenated alkanes) is 1. The van der Waals surface area contributed by atoms with E-state index in [4.69, 9.17) is 0 Å². The molecule has 0 atom stereocenters. The van der Waals surface area contributed by atoms with Crippen molar-refractivity contribution in [2.24, 2.45) is 0 Å². The van der Waals surface area contributed by atoms with Crippen LogP contribution >= 0.6 is 0 Å². The summed E-state index contributed by atoms with van der Waals surface area (Å²) in [4.78, 5) is 10.7. The summed E-state index contributed by atoms with van der Waals surface area (Å²) in [5.41, 5.74) is -1.10. The standard InChI is InChI=1S/C12H15F3N2O3S/c1-2-3-7-16-11(18)17-21(19,20)10-6-4-5-9(8-10)12(13,14)15/h4-6,8H,2-3,7H2,1H3,(H2,16,17,18). The van der Waals surface area contributed by atoms with Crippen molar-refractivity contribution in [2.45, 2.75) is 30.8 Å². The molecule has 9 heteroatoms. The molecule has 0 aliphatic rings. The molecule has 0 fully saturated rings. The molecule has 0 radical (unpaired) electrons. The fourth-order valence-corrected chi connectivity index (χ4v) is 2.41. The molecule has 0 aliphatic heterocycles. The molecule has 2 amide bonds. The molecule has 1 aromatic carbocycles. The Morgan fingerprint density at radius 2 is 1.95 bits per heavy atom. The highest BCUT2D eigenvalue weighted by molar-refractivity contribution is 7.90. The molecule has 0 unspecified atom stereocenters. The molecule has 0 spiro atoms. The zero-order valence-electron chi connectivity index (χ0n) is 11.2. The first-order valence-corrected chi connectivity index (χ1v) is 7.63. The van der Waals surface area contributed by atoms with Crippen molar-refractivity contribution in [2.75, 3.05) is 6.54 Å². The second-order valence-electron chi connectivity index (χ2n) is 4.24. The normalized spacial score (nSPS) is 12.0. The summed E-state index contributed by atoms with van der Waals surface area (Å²) in [5, 5.41) is 2.30. The molecule has 21 heavy (non-hydrogen) atoms. The molecule has 0 heterocycles. The van der Waals surface area contributed by atoms with E-state index < -0.39 is 32.7 Å². The monoisotopic (exact) mass is 324 g/mol. The maximum Gasteiger partial charge on any atom is 0.416 e. The van der Waals surface area contributed by atoms with Crippen molar-refractivity contribution in [3.63, 3.8) is 0 Å². The van der Waals surface area contributed by atoms with Gasteiger partial charge in [-0.25, -0.2) is 17.9 Å². The van der Waals surface area contributed by atoms with Gasteiger partial charge in [-0.2, -0.15) is 13.2 Å². The average Bonchev–Trinajstić information content (AvgIpc) is 2.37. The highest BCUT2D eigenvalue weighted by Crippen LogP contribution is 2.30. The molecule has 0 bridgehead atoms. The van der Waals surface area contributed by atoms with Crippen molar-refractivity contribution in [3.8, 4) is 0 Å². The molecule has 0 saturated carbocycles. The van der Waals surface area contributed by atoms with Gasteiger partial charge in [-0.15, -0.1) is 0 Å². The van der Waals surface area contributed by atoms with E-state index in [2.05, 4.69) is 5.32 Å². The van der Waals surface area contributed by atoms with Crippen molar-refractivity contribution in [1.82, 2.24) is 10.0 Å². The van der Waals surface area contributed by atoms with Gasteiger partial charge >= 0.3 is 12.2 Å². The Kier molecular flexibility index (Phi) is 5.59. The second kappa shape index (κ2) is 6.79. The molecular formula is C12H15F3N2O3S. The minimum absolute atomic E-state index is 0.278. The van der Waals surface area contributed by atoms with E-state index in [0.717, 1.165) is 24.6 Å². The number of amides is 2. The Bertz CT molecular complexity index is 600. The van der Waals surface area contributed by atoms with Gasteiger partial charge in [0, 0.05) is 6.54 Å². The number of alkyl halides is 3. The third kappa shape index (κ3) is 5.25. The van der Waals surface area contributed by atoms with E-state index in [0.29, 0.717) is 12.5 Å². The Morgan fingerprint density at radius 3 is 2.52 bits per heavy atom. The van der Waals surface area contributed by atoms with Gasteiger partial charge in [-0.3, -0.25) is 0 Å². The summed E-state index contributed by atoms with van der Waals surface area (Å²) >= 11 is 0. The maximum atomic E-state index is 12.5. The summed E-state index contributed by atoms with van der Waals surface area (Å²) in [6, 6.07) is 2.20. The Labute approximate surface area is 120 Å². The summed E-state index contributed by atoms with van der Waals surface area (Å²) in [6.07, 6.45) is -3.19. The van der Waals surface area contributed by atoms with E-state index in [1.54, 1.807) is 4.72 Å². The third-order valence-corrected chi connectivity index (χ3v) is 3.84. The van der Waals surface area contributed by atoms with Crippen molar-refractivity contribution in [1.29, 1.82) is 0 Å². The Morgan fingerprint density at radius 1 is 1.29 bits per heavy atom. The van der Waals surface area contributed by atoms with E-state index in [-0.39, 0.29) is 6.54 Å². The Hall–Kier alpha value is -1.77. The number of hydrogen-bond acceptors (Lipinski definition) is 3. The summed E-state index contributed by atoms with van der Waals surface area (Å²) < 4.78 is 62.9. The van der Waals surface area contributed by atoms with Crippen LogP contribution < -0.4 is 10.0 Å². The highest BCUT2D eigenvalue weighted by Gasteiger charge is 2.31. The van der Waals surface area contributed by atoms with Crippen LogP contribution in [-0.2, 0) is 16.2 Å². The number of carbonyl (C=O) groups excluding carboxylic acids is 1. The van der Waals surface area contributed by atoms with Gasteiger partial charge in [0.2, 0.25) is 0 Å². The molecule has 1 aromatic rings. The first-order chi connectivity index (χ1) is 9.66. The number of sulfonamides is 1. The van der Waals surface area contributed by atoms with Crippen molar-refractivity contribution >= 4 is 16.1 Å². The van der Waals surface area contributed by atoms with Crippen LogP contribution in [0.4, 0.5) is 18.0 Å². The van der Waals surface area contributed by atoms with Crippen LogP contribution in [0.2, 0.25) is 0 Å². The quantitative estimate of drug-likeness (QED) is 0.817. The van der Waals surface area contributed by atoms with Gasteiger partial charge in [-0.1, -0.05) is 19.4 Å². The fourth-order valence-electron chi connectivity index (χ4n) is 1.44. The van der Waals surface area contributed by atoms with E-state index in [9.17, 15) is 26.4 Å². The largest absolute Gasteiger partial charge is 0.416 e. The number of carbonyl (C=O) groups is 1. The van der Waals surface area contributed by atoms with Gasteiger partial charge in [0.15, 0.2) is 0 Å². The lowest BCUT2D eigenvalue weighted by molar-refractivity contribution is -0.137. The van der Waals surface area contributed by atoms with Crippen LogP contribution in [0, 0.1) is 0 Å². The maximum absolute atomic E-state index is 12.5. The lowest BCUT2D eigenvalue weighted by atomic mass is 10.2. The molecule has 5 nitrogen and oxygen atoms in total. The third-order valence-electron chi connectivity index (χ3n) is 2.51. The van der Waals surface area contributed by atoms with Gasteiger partial charge in [-0.05, 0) is 24.6 Å². The molecule has 118 valence electrons. The van der Waals surface area contributed by atoms with Crippen molar-refractivity contribution in [3.05, 3.63) is 29.8 Å². The molecule has 2 N–H and O–H groups in total. The molecule has 1 rings (SSSR count).